The van der Waals surface area contributed by atoms with E-state index in [0.29, 0.717) is 35.3 Å². The summed E-state index contributed by atoms with van der Waals surface area (Å²) < 4.78 is 196. The van der Waals surface area contributed by atoms with Crippen LogP contribution in [0.3, 0.4) is 0 Å². The van der Waals surface area contributed by atoms with Gasteiger partial charge in [0.2, 0.25) is 0 Å². The standard InChI is InChI=1S/C25H28FN3O6S.C23H25FN2O5S.2C20H20FN3O4S/c1-25(2,3)35-24(31)28(4)14-17-12-22(20-10-5-6-11-21(20)26)29(15-17)36(32,33)19-9-7-8-18(13-19)34-16-23(27)30;1-23(2,3)31-22(28)25(4)14-16-12-21(19-10-5-6-11-20(19)24)26(15-16)32(29,30)18-9-7-8-17(27)13-18;2*1-23-11-14-9-19(17-7-2-3-8-18(17)21)24(12-14)29(26,27)16-6-4-5-15(10-16)28-13-20(22)25/h5-13,15H,14,16H2,1-4H3,(H2,27,30);5-13,15,27H,14H2,1-4H3;2*2-10,12,23H,11,13H2,1H3,(H2,22,25). The third-order valence-corrected chi connectivity index (χ3v) is 24.3. The van der Waals surface area contributed by atoms with Crippen LogP contribution in [0.5, 0.6) is 23.0 Å². The minimum Gasteiger partial charge on any atom is -0.508 e. The van der Waals surface area contributed by atoms with Gasteiger partial charge in [-0.05, 0) is 199 Å². The minimum atomic E-state index is -4.24. The van der Waals surface area contributed by atoms with Crippen molar-refractivity contribution < 1.29 is 104 Å². The zero-order valence-electron chi connectivity index (χ0n) is 69.9. The van der Waals surface area contributed by atoms with E-state index >= 15 is 0 Å². The number of amides is 5. The first-order valence-electron chi connectivity index (χ1n) is 38.2. The summed E-state index contributed by atoms with van der Waals surface area (Å²) in [6.45, 7) is 10.1. The second kappa shape index (κ2) is 41.3. The number of ether oxygens (including phenoxy) is 5. The zero-order valence-corrected chi connectivity index (χ0v) is 73.2. The van der Waals surface area contributed by atoms with Crippen LogP contribution in [0.2, 0.25) is 0 Å². The molecule has 126 heavy (non-hydrogen) atoms. The molecule has 4 aromatic heterocycles. The molecule has 9 N–H and O–H groups in total. The summed E-state index contributed by atoms with van der Waals surface area (Å²) in [5.41, 5.74) is 17.1. The molecule has 12 aromatic rings. The molecule has 0 radical (unpaired) electrons. The van der Waals surface area contributed by atoms with Gasteiger partial charge < -0.3 is 66.4 Å². The molecule has 0 atom stereocenters. The Labute approximate surface area is 726 Å². The number of carbonyl (C=O) groups is 5. The first-order valence-corrected chi connectivity index (χ1v) is 43.9. The minimum absolute atomic E-state index is 0.0145. The fourth-order valence-electron chi connectivity index (χ4n) is 12.1. The Bertz CT molecular complexity index is 6260. The van der Waals surface area contributed by atoms with E-state index in [-0.39, 0.29) is 114 Å². The topological polar surface area (TPSA) is 417 Å². The fourth-order valence-corrected chi connectivity index (χ4v) is 17.8. The van der Waals surface area contributed by atoms with Gasteiger partial charge in [-0.1, -0.05) is 72.8 Å². The molecule has 0 saturated heterocycles. The van der Waals surface area contributed by atoms with Crippen molar-refractivity contribution in [3.8, 4) is 68.0 Å². The summed E-state index contributed by atoms with van der Waals surface area (Å²) in [6, 6.07) is 51.9. The lowest BCUT2D eigenvalue weighted by molar-refractivity contribution is -0.120. The Morgan fingerprint density at radius 1 is 0.365 bits per heavy atom. The molecular weight excluding hydrogens is 1720 g/mol. The van der Waals surface area contributed by atoms with E-state index < -0.39 is 111 Å². The van der Waals surface area contributed by atoms with Gasteiger partial charge in [0.1, 0.15) is 57.5 Å². The summed E-state index contributed by atoms with van der Waals surface area (Å²) in [7, 11) is -10.0. The van der Waals surface area contributed by atoms with E-state index in [2.05, 4.69) is 10.6 Å². The molecule has 0 spiro atoms. The Balaban J connectivity index is 0.000000191. The molecule has 666 valence electrons. The molecule has 0 fully saturated rings. The molecule has 12 rings (SSSR count). The van der Waals surface area contributed by atoms with Gasteiger partial charge in [0.25, 0.3) is 57.8 Å². The van der Waals surface area contributed by atoms with E-state index in [1.54, 1.807) is 92.0 Å². The van der Waals surface area contributed by atoms with Gasteiger partial charge in [-0.25, -0.2) is 76.7 Å². The number of phenolic OH excluding ortho intramolecular Hbond substituents is 1. The first-order chi connectivity index (χ1) is 59.3. The van der Waals surface area contributed by atoms with Gasteiger partial charge in [0, 0.05) is 98.5 Å². The molecule has 0 aliphatic carbocycles. The van der Waals surface area contributed by atoms with Crippen LogP contribution in [0.4, 0.5) is 27.2 Å². The molecule has 30 nitrogen and oxygen atoms in total. The van der Waals surface area contributed by atoms with Crippen LogP contribution >= 0.6 is 0 Å². The highest BCUT2D eigenvalue weighted by Gasteiger charge is 2.31. The Kier molecular flexibility index (Phi) is 31.6. The third-order valence-electron chi connectivity index (χ3n) is 17.6. The predicted molar refractivity (Wildman–Crippen MR) is 462 cm³/mol. The Morgan fingerprint density at radius 3 is 0.857 bits per heavy atom. The van der Waals surface area contributed by atoms with Crippen LogP contribution in [0, 0.1) is 23.3 Å². The lowest BCUT2D eigenvalue weighted by Gasteiger charge is -2.24. The monoisotopic (exact) mass is 1810 g/mol. The summed E-state index contributed by atoms with van der Waals surface area (Å²) in [5.74, 6) is -4.07. The number of aromatic nitrogens is 4. The van der Waals surface area contributed by atoms with Gasteiger partial charge in [-0.2, -0.15) is 0 Å². The number of hydrogen-bond donors (Lipinski definition) is 6. The number of nitrogens with two attached hydrogens (primary N) is 3. The molecule has 0 saturated carbocycles. The van der Waals surface area contributed by atoms with Gasteiger partial charge in [0.05, 0.1) is 55.4 Å². The summed E-state index contributed by atoms with van der Waals surface area (Å²) in [6.07, 6.45) is 4.39. The quantitative estimate of drug-likeness (QED) is 0.0237. The molecule has 38 heteroatoms. The Morgan fingerprint density at radius 2 is 0.611 bits per heavy atom. The predicted octanol–water partition coefficient (Wildman–Crippen LogP) is 12.6. The number of nitrogens with zero attached hydrogens (tertiary/aromatic N) is 6. The van der Waals surface area contributed by atoms with Crippen molar-refractivity contribution in [2.24, 2.45) is 17.2 Å². The van der Waals surface area contributed by atoms with Crippen molar-refractivity contribution in [2.75, 3.05) is 48.0 Å². The number of rotatable bonds is 29. The van der Waals surface area contributed by atoms with Crippen molar-refractivity contribution in [3.05, 3.63) is 289 Å². The highest BCUT2D eigenvalue weighted by molar-refractivity contribution is 7.91. The lowest BCUT2D eigenvalue weighted by Crippen LogP contribution is -2.33. The number of primary amides is 3. The van der Waals surface area contributed by atoms with Crippen LogP contribution in [-0.4, -0.2) is 154 Å². The molecule has 0 bridgehead atoms. The normalized spacial score (nSPS) is 11.6. The first kappa shape index (κ1) is 96.3. The largest absolute Gasteiger partial charge is 0.508 e. The van der Waals surface area contributed by atoms with Gasteiger partial charge in [-0.3, -0.25) is 14.4 Å². The number of carbonyl (C=O) groups excluding carboxylic acids is 5. The molecule has 4 heterocycles. The van der Waals surface area contributed by atoms with E-state index in [0.717, 1.165) is 22.0 Å². The molecule has 5 amide bonds. The van der Waals surface area contributed by atoms with Crippen molar-refractivity contribution in [1.29, 1.82) is 0 Å². The number of phenols is 1. The van der Waals surface area contributed by atoms with Crippen LogP contribution in [-0.2, 0) is 90.1 Å². The van der Waals surface area contributed by atoms with Gasteiger partial charge >= 0.3 is 12.2 Å². The second-order valence-corrected chi connectivity index (χ2v) is 37.2. The summed E-state index contributed by atoms with van der Waals surface area (Å²) >= 11 is 0. The number of benzene rings is 8. The number of aromatic hydroxyl groups is 1. The molecule has 0 aliphatic heterocycles. The van der Waals surface area contributed by atoms with Gasteiger partial charge in [0.15, 0.2) is 19.8 Å². The van der Waals surface area contributed by atoms with E-state index in [4.69, 9.17) is 40.9 Å². The average molecular weight is 1810 g/mol. The lowest BCUT2D eigenvalue weighted by atomic mass is 10.1. The maximum Gasteiger partial charge on any atom is 0.410 e. The molecule has 0 unspecified atom stereocenters. The number of hydrogen-bond acceptors (Lipinski definition) is 21. The highest BCUT2D eigenvalue weighted by atomic mass is 32.2. The molecular formula is C88H93F4N11O19S4. The fraction of sp³-hybridized carbons (Fsp3) is 0.216. The number of nitrogens with one attached hydrogen (secondary N) is 2. The van der Waals surface area contributed by atoms with Crippen LogP contribution in [0.15, 0.2) is 263 Å². The smallest absolute Gasteiger partial charge is 0.410 e. The summed E-state index contributed by atoms with van der Waals surface area (Å²) in [5, 5.41) is 15.6. The second-order valence-electron chi connectivity index (χ2n) is 30.0. The maximum absolute atomic E-state index is 14.7. The SMILES string of the molecule is CN(Cc1cc(-c2ccccc2F)n(S(=O)(=O)c2cccc(O)c2)c1)C(=O)OC(C)(C)C.CN(Cc1cc(-c2ccccc2F)n(S(=O)(=O)c2cccc(OCC(N)=O)c2)c1)C(=O)OC(C)(C)C.CNCc1cc(-c2ccccc2F)n(S(=O)(=O)c2cccc(OCC(N)=O)c2)c1.CNCc1cc(-c2ccccc2F)n(S(=O)(=O)c2cccc(OCC(N)=O)c2)c1. The van der Waals surface area contributed by atoms with Crippen molar-refractivity contribution >= 4 is 70.0 Å². The van der Waals surface area contributed by atoms with Gasteiger partial charge in [-0.15, -0.1) is 0 Å². The highest BCUT2D eigenvalue weighted by Crippen LogP contribution is 2.37. The van der Waals surface area contributed by atoms with Crippen LogP contribution in [0.25, 0.3) is 45.0 Å². The van der Waals surface area contributed by atoms with Crippen LogP contribution < -0.4 is 42.0 Å². The third kappa shape index (κ3) is 25.1. The van der Waals surface area contributed by atoms with Crippen molar-refractivity contribution in [3.63, 3.8) is 0 Å². The molecule has 8 aromatic carbocycles. The van der Waals surface area contributed by atoms with Crippen molar-refractivity contribution in [1.82, 2.24) is 36.3 Å². The maximum atomic E-state index is 14.7. The zero-order chi connectivity index (χ0) is 92.4. The summed E-state index contributed by atoms with van der Waals surface area (Å²) in [4.78, 5) is 59.7. The van der Waals surface area contributed by atoms with E-state index in [1.807, 2.05) is 0 Å². The van der Waals surface area contributed by atoms with E-state index in [1.165, 1.54) is 225 Å². The van der Waals surface area contributed by atoms with Crippen molar-refractivity contribution in [2.45, 2.75) is 98.5 Å². The molecule has 0 aliphatic rings. The van der Waals surface area contributed by atoms with Crippen LogP contribution in [0.1, 0.15) is 63.8 Å². The Hall–Kier alpha value is -13.5. The number of halogens is 4. The average Bonchev–Trinajstić information content (AvgIpc) is 1.61. The van der Waals surface area contributed by atoms with E-state index in [9.17, 15) is 80.3 Å².